The third-order valence-electron chi connectivity index (χ3n) is 6.75. The number of rotatable bonds is 8. The third-order valence-corrected chi connectivity index (χ3v) is 7.18. The molecule has 4 rings (SSSR count). The molecule has 5 nitrogen and oxygen atoms in total. The number of fused-ring (bicyclic) bond motifs is 1. The molecule has 2 aromatic heterocycles. The van der Waals surface area contributed by atoms with Crippen molar-refractivity contribution in [2.75, 3.05) is 19.0 Å². The number of nitrogens with zero attached hydrogens (tertiary/aromatic N) is 3. The summed E-state index contributed by atoms with van der Waals surface area (Å²) in [6, 6.07) is 11.5. The van der Waals surface area contributed by atoms with E-state index in [1.165, 1.54) is 38.5 Å². The number of carbonyl (C=O) groups is 1. The number of aryl methyl sites for hydroxylation is 1. The second kappa shape index (κ2) is 13.0. The zero-order valence-electron chi connectivity index (χ0n) is 21.5. The molecule has 0 saturated heterocycles. The second-order valence-electron chi connectivity index (χ2n) is 9.76. The van der Waals surface area contributed by atoms with Crippen LogP contribution in [0.5, 0.6) is 0 Å². The van der Waals surface area contributed by atoms with Crippen LogP contribution < -0.4 is 4.90 Å². The van der Waals surface area contributed by atoms with E-state index in [1.54, 1.807) is 12.1 Å². The van der Waals surface area contributed by atoms with Crippen molar-refractivity contribution in [1.82, 2.24) is 9.97 Å². The van der Waals surface area contributed by atoms with Gasteiger partial charge in [-0.2, -0.15) is 0 Å². The lowest BCUT2D eigenvalue weighted by atomic mass is 9.78. The number of hydrogen-bond acceptors (Lipinski definition) is 5. The molecule has 0 unspecified atom stereocenters. The lowest BCUT2D eigenvalue weighted by Gasteiger charge is -2.28. The highest BCUT2D eigenvalue weighted by Crippen LogP contribution is 2.34. The van der Waals surface area contributed by atoms with Gasteiger partial charge in [-0.3, -0.25) is 4.79 Å². The van der Waals surface area contributed by atoms with Crippen molar-refractivity contribution in [2.45, 2.75) is 65.2 Å². The Morgan fingerprint density at radius 3 is 2.31 bits per heavy atom. The molecule has 0 aliphatic heterocycles. The summed E-state index contributed by atoms with van der Waals surface area (Å²) in [5.41, 5.74) is 1.68. The SMILES string of the molecule is C=C(CCC1CCC(CCC)CC1)C(=O)c1ccc(Br)o1.Cc1nc(N(C)C)c2ccccc2n1. The first kappa shape index (κ1) is 27.1. The van der Waals surface area contributed by atoms with Crippen LogP contribution in [-0.2, 0) is 0 Å². The van der Waals surface area contributed by atoms with E-state index < -0.39 is 0 Å². The van der Waals surface area contributed by atoms with Gasteiger partial charge in [0, 0.05) is 19.5 Å². The van der Waals surface area contributed by atoms with E-state index in [0.717, 1.165) is 47.2 Å². The predicted molar refractivity (Wildman–Crippen MR) is 148 cm³/mol. The first-order valence-electron chi connectivity index (χ1n) is 12.7. The van der Waals surface area contributed by atoms with E-state index >= 15 is 0 Å². The number of furan rings is 1. The highest BCUT2D eigenvalue weighted by molar-refractivity contribution is 9.10. The fraction of sp³-hybridized carbons (Fsp3) is 0.483. The maximum Gasteiger partial charge on any atom is 0.223 e. The van der Waals surface area contributed by atoms with Crippen molar-refractivity contribution >= 4 is 38.4 Å². The van der Waals surface area contributed by atoms with Gasteiger partial charge in [-0.05, 0) is 77.4 Å². The molecule has 0 radical (unpaired) electrons. The van der Waals surface area contributed by atoms with Crippen LogP contribution in [0, 0.1) is 18.8 Å². The molecule has 2 heterocycles. The number of halogens is 1. The molecule has 0 N–H and O–H groups in total. The molecule has 1 aliphatic carbocycles. The lowest BCUT2D eigenvalue weighted by molar-refractivity contribution is 0.0998. The molecule has 1 aliphatic rings. The number of hydrogen-bond donors (Lipinski definition) is 0. The maximum atomic E-state index is 12.2. The number of anilines is 1. The predicted octanol–water partition coefficient (Wildman–Crippen LogP) is 8.17. The fourth-order valence-corrected chi connectivity index (χ4v) is 5.14. The van der Waals surface area contributed by atoms with E-state index in [9.17, 15) is 4.79 Å². The Labute approximate surface area is 218 Å². The Morgan fingerprint density at radius 2 is 1.71 bits per heavy atom. The molecule has 1 saturated carbocycles. The minimum absolute atomic E-state index is 0.0552. The number of ketones is 1. The van der Waals surface area contributed by atoms with E-state index in [-0.39, 0.29) is 5.78 Å². The van der Waals surface area contributed by atoms with Crippen molar-refractivity contribution in [2.24, 2.45) is 11.8 Å². The number of allylic oxidation sites excluding steroid dienone is 1. The van der Waals surface area contributed by atoms with Crippen LogP contribution in [-0.4, -0.2) is 29.8 Å². The molecule has 0 bridgehead atoms. The monoisotopic (exact) mass is 539 g/mol. The largest absolute Gasteiger partial charge is 0.446 e. The van der Waals surface area contributed by atoms with E-state index in [0.29, 0.717) is 16.0 Å². The summed E-state index contributed by atoms with van der Waals surface area (Å²) in [6.07, 6.45) is 9.93. The molecule has 188 valence electrons. The highest BCUT2D eigenvalue weighted by atomic mass is 79.9. The number of Topliss-reactive ketones (excluding diaryl/α,β-unsaturated/α-hetero) is 1. The van der Waals surface area contributed by atoms with Crippen LogP contribution in [0.1, 0.15) is 74.7 Å². The smallest absolute Gasteiger partial charge is 0.223 e. The zero-order chi connectivity index (χ0) is 25.4. The van der Waals surface area contributed by atoms with Gasteiger partial charge in [0.15, 0.2) is 10.4 Å². The summed E-state index contributed by atoms with van der Waals surface area (Å²) in [5.74, 6) is 3.84. The van der Waals surface area contributed by atoms with E-state index in [4.69, 9.17) is 4.42 Å². The summed E-state index contributed by atoms with van der Waals surface area (Å²) >= 11 is 3.22. The van der Waals surface area contributed by atoms with Crippen LogP contribution in [0.3, 0.4) is 0 Å². The molecule has 35 heavy (non-hydrogen) atoms. The Morgan fingerprint density at radius 1 is 1.06 bits per heavy atom. The van der Waals surface area contributed by atoms with Crippen LogP contribution in [0.2, 0.25) is 0 Å². The maximum absolute atomic E-state index is 12.2. The fourth-order valence-electron chi connectivity index (χ4n) is 4.83. The third kappa shape index (κ3) is 7.76. The van der Waals surface area contributed by atoms with Crippen molar-refractivity contribution in [3.63, 3.8) is 0 Å². The van der Waals surface area contributed by atoms with Crippen LogP contribution >= 0.6 is 15.9 Å². The van der Waals surface area contributed by atoms with Crippen molar-refractivity contribution in [3.8, 4) is 0 Å². The van der Waals surface area contributed by atoms with E-state index in [1.807, 2.05) is 50.2 Å². The van der Waals surface area contributed by atoms with E-state index in [2.05, 4.69) is 39.4 Å². The molecule has 0 atom stereocenters. The van der Waals surface area contributed by atoms with Gasteiger partial charge in [0.2, 0.25) is 5.78 Å². The summed E-state index contributed by atoms with van der Waals surface area (Å²) in [6.45, 7) is 8.13. The molecular formula is C29H38BrN3O2. The van der Waals surface area contributed by atoms with Crippen LogP contribution in [0.25, 0.3) is 10.9 Å². The topological polar surface area (TPSA) is 59.2 Å². The first-order valence-corrected chi connectivity index (χ1v) is 13.5. The number of benzene rings is 1. The van der Waals surface area contributed by atoms with Gasteiger partial charge in [0.1, 0.15) is 11.6 Å². The number of aromatic nitrogens is 2. The quantitative estimate of drug-likeness (QED) is 0.213. The first-order chi connectivity index (χ1) is 16.8. The normalized spacial score (nSPS) is 17.5. The van der Waals surface area contributed by atoms with Gasteiger partial charge in [-0.1, -0.05) is 64.2 Å². The lowest BCUT2D eigenvalue weighted by Crippen LogP contribution is -2.15. The standard InChI is InChI=1S/C18H25BrO2.C11H13N3/c1-3-4-14-7-9-15(10-8-14)6-5-13(2)18(20)16-11-12-17(19)21-16;1-8-12-10-7-5-4-6-9(10)11(13-8)14(2)3/h11-12,14-15H,2-10H2,1H3;4-7H,1-3H3. The Kier molecular flexibility index (Phi) is 10.1. The molecular weight excluding hydrogens is 502 g/mol. The Hall–Kier alpha value is -2.47. The minimum Gasteiger partial charge on any atom is -0.446 e. The Balaban J connectivity index is 0.000000211. The molecule has 3 aromatic rings. The molecule has 6 heteroatoms. The summed E-state index contributed by atoms with van der Waals surface area (Å²) in [4.78, 5) is 23.0. The van der Waals surface area contributed by atoms with Crippen LogP contribution in [0.15, 0.2) is 57.6 Å². The van der Waals surface area contributed by atoms with Gasteiger partial charge in [0.25, 0.3) is 0 Å². The van der Waals surface area contributed by atoms with Gasteiger partial charge in [-0.15, -0.1) is 0 Å². The highest BCUT2D eigenvalue weighted by Gasteiger charge is 2.22. The van der Waals surface area contributed by atoms with Crippen molar-refractivity contribution < 1.29 is 9.21 Å². The molecule has 0 amide bonds. The summed E-state index contributed by atoms with van der Waals surface area (Å²) < 4.78 is 5.90. The van der Waals surface area contributed by atoms with Gasteiger partial charge >= 0.3 is 0 Å². The zero-order valence-corrected chi connectivity index (χ0v) is 23.1. The van der Waals surface area contributed by atoms with Crippen molar-refractivity contribution in [3.05, 3.63) is 64.8 Å². The Bertz CT molecular complexity index is 1130. The summed E-state index contributed by atoms with van der Waals surface area (Å²) in [7, 11) is 3.99. The minimum atomic E-state index is -0.0552. The average molecular weight is 541 g/mol. The molecule has 1 fully saturated rings. The van der Waals surface area contributed by atoms with Crippen LogP contribution in [0.4, 0.5) is 5.82 Å². The van der Waals surface area contributed by atoms with Gasteiger partial charge in [0.05, 0.1) is 5.52 Å². The van der Waals surface area contributed by atoms with Crippen molar-refractivity contribution in [1.29, 1.82) is 0 Å². The molecule has 1 aromatic carbocycles. The van der Waals surface area contributed by atoms with Gasteiger partial charge < -0.3 is 9.32 Å². The summed E-state index contributed by atoms with van der Waals surface area (Å²) in [5, 5.41) is 1.10. The number of para-hydroxylation sites is 1. The number of carbonyl (C=O) groups excluding carboxylic acids is 1. The second-order valence-corrected chi connectivity index (χ2v) is 10.5. The van der Waals surface area contributed by atoms with Gasteiger partial charge in [-0.25, -0.2) is 9.97 Å². The molecule has 0 spiro atoms. The average Bonchev–Trinajstić information content (AvgIpc) is 3.29.